The van der Waals surface area contributed by atoms with E-state index in [0.29, 0.717) is 0 Å². The van der Waals surface area contributed by atoms with E-state index in [9.17, 15) is 0 Å². The molecule has 8 aromatic carbocycles. The molecule has 1 aromatic heterocycles. The van der Waals surface area contributed by atoms with E-state index in [1.165, 1.54) is 64.3 Å². The molecule has 0 aliphatic carbocycles. The van der Waals surface area contributed by atoms with Crippen LogP contribution in [0.5, 0.6) is 0 Å². The van der Waals surface area contributed by atoms with E-state index < -0.39 is 0 Å². The standard InChI is InChI=1S/C46H31NS/c1-2-16-37(17-3-1)47(44-22-8-6-19-41(44)36-26-29-43-42-20-7-9-23-45(42)48-46(43)31-36)38-27-24-32(25-28-38)34-14-10-15-35(30-34)40-21-11-13-33-12-4-5-18-39(33)40/h1-31H. The number of benzene rings is 8. The second-order valence-electron chi connectivity index (χ2n) is 12.2. The van der Waals surface area contributed by atoms with Gasteiger partial charge in [-0.25, -0.2) is 0 Å². The summed E-state index contributed by atoms with van der Waals surface area (Å²) in [5.41, 5.74) is 10.7. The Morgan fingerprint density at radius 1 is 0.333 bits per heavy atom. The molecule has 0 saturated heterocycles. The maximum atomic E-state index is 2.38. The highest BCUT2D eigenvalue weighted by atomic mass is 32.1. The largest absolute Gasteiger partial charge is 0.310 e. The van der Waals surface area contributed by atoms with Gasteiger partial charge in [0.05, 0.1) is 5.69 Å². The minimum absolute atomic E-state index is 1.12. The van der Waals surface area contributed by atoms with Crippen LogP contribution in [0.1, 0.15) is 0 Å². The molecule has 0 aliphatic rings. The van der Waals surface area contributed by atoms with Gasteiger partial charge in [-0.2, -0.15) is 0 Å². The molecule has 0 amide bonds. The highest BCUT2D eigenvalue weighted by Crippen LogP contribution is 2.43. The van der Waals surface area contributed by atoms with Crippen LogP contribution in [0.15, 0.2) is 188 Å². The molecule has 0 spiro atoms. The topological polar surface area (TPSA) is 3.24 Å². The van der Waals surface area contributed by atoms with Crippen molar-refractivity contribution in [2.45, 2.75) is 0 Å². The number of hydrogen-bond donors (Lipinski definition) is 0. The second kappa shape index (κ2) is 12.0. The third-order valence-electron chi connectivity index (χ3n) is 9.27. The van der Waals surface area contributed by atoms with Gasteiger partial charge in [0.25, 0.3) is 0 Å². The molecule has 0 saturated carbocycles. The number of fused-ring (bicyclic) bond motifs is 4. The molecule has 0 fully saturated rings. The monoisotopic (exact) mass is 629 g/mol. The van der Waals surface area contributed by atoms with Gasteiger partial charge in [0.2, 0.25) is 0 Å². The Bertz CT molecular complexity index is 2560. The van der Waals surface area contributed by atoms with E-state index in [-0.39, 0.29) is 0 Å². The van der Waals surface area contributed by atoms with Gasteiger partial charge >= 0.3 is 0 Å². The summed E-state index contributed by atoms with van der Waals surface area (Å²) in [6.45, 7) is 0. The van der Waals surface area contributed by atoms with Crippen molar-refractivity contribution in [1.29, 1.82) is 0 Å². The molecule has 0 bridgehead atoms. The van der Waals surface area contributed by atoms with Crippen molar-refractivity contribution >= 4 is 59.3 Å². The lowest BCUT2D eigenvalue weighted by Gasteiger charge is -2.28. The van der Waals surface area contributed by atoms with Gasteiger partial charge in [-0.05, 0) is 87.1 Å². The van der Waals surface area contributed by atoms with E-state index >= 15 is 0 Å². The Kier molecular flexibility index (Phi) is 7.07. The summed E-state index contributed by atoms with van der Waals surface area (Å²) in [7, 11) is 0. The molecule has 0 unspecified atom stereocenters. The van der Waals surface area contributed by atoms with Gasteiger partial charge in [0, 0.05) is 37.1 Å². The Morgan fingerprint density at radius 3 is 1.83 bits per heavy atom. The van der Waals surface area contributed by atoms with Crippen molar-refractivity contribution in [1.82, 2.24) is 0 Å². The normalized spacial score (nSPS) is 11.3. The van der Waals surface area contributed by atoms with Crippen LogP contribution < -0.4 is 4.90 Å². The highest BCUT2D eigenvalue weighted by molar-refractivity contribution is 7.25. The van der Waals surface area contributed by atoms with E-state index in [4.69, 9.17) is 0 Å². The maximum absolute atomic E-state index is 2.38. The van der Waals surface area contributed by atoms with E-state index in [0.717, 1.165) is 17.1 Å². The molecule has 0 radical (unpaired) electrons. The fraction of sp³-hybridized carbons (Fsp3) is 0. The van der Waals surface area contributed by atoms with Gasteiger partial charge in [-0.3, -0.25) is 0 Å². The molecule has 9 aromatic rings. The van der Waals surface area contributed by atoms with Crippen LogP contribution in [0.2, 0.25) is 0 Å². The van der Waals surface area contributed by atoms with Gasteiger partial charge in [-0.15, -0.1) is 11.3 Å². The van der Waals surface area contributed by atoms with E-state index in [1.807, 2.05) is 11.3 Å². The van der Waals surface area contributed by atoms with Crippen molar-refractivity contribution in [2.24, 2.45) is 0 Å². The molecular formula is C46H31NS. The van der Waals surface area contributed by atoms with E-state index in [2.05, 4.69) is 193 Å². The Balaban J connectivity index is 1.12. The van der Waals surface area contributed by atoms with Crippen molar-refractivity contribution in [3.8, 4) is 33.4 Å². The first-order chi connectivity index (χ1) is 23.8. The molecule has 1 nitrogen and oxygen atoms in total. The van der Waals surface area contributed by atoms with E-state index in [1.54, 1.807) is 0 Å². The van der Waals surface area contributed by atoms with Gasteiger partial charge < -0.3 is 4.90 Å². The van der Waals surface area contributed by atoms with Gasteiger partial charge in [0.1, 0.15) is 0 Å². The molecule has 1 heterocycles. The third kappa shape index (κ3) is 5.04. The van der Waals surface area contributed by atoms with Crippen LogP contribution >= 0.6 is 11.3 Å². The average molecular weight is 630 g/mol. The minimum Gasteiger partial charge on any atom is -0.310 e. The maximum Gasteiger partial charge on any atom is 0.0540 e. The summed E-state index contributed by atoms with van der Waals surface area (Å²) in [5, 5.41) is 5.17. The zero-order valence-electron chi connectivity index (χ0n) is 26.3. The summed E-state index contributed by atoms with van der Waals surface area (Å²) in [5.74, 6) is 0. The number of para-hydroxylation sites is 2. The zero-order valence-corrected chi connectivity index (χ0v) is 27.1. The minimum atomic E-state index is 1.12. The average Bonchev–Trinajstić information content (AvgIpc) is 3.54. The molecule has 9 rings (SSSR count). The van der Waals surface area contributed by atoms with Crippen LogP contribution in [-0.2, 0) is 0 Å². The van der Waals surface area contributed by atoms with Gasteiger partial charge in [0.15, 0.2) is 0 Å². The first-order valence-corrected chi connectivity index (χ1v) is 17.2. The molecule has 0 atom stereocenters. The summed E-state index contributed by atoms with van der Waals surface area (Å²) in [4.78, 5) is 2.38. The predicted molar refractivity (Wildman–Crippen MR) is 208 cm³/mol. The predicted octanol–water partition coefficient (Wildman–Crippen LogP) is 13.7. The molecule has 226 valence electrons. The number of rotatable bonds is 6. The SMILES string of the molecule is c1ccc(N(c2ccc(-c3cccc(-c4cccc5ccccc45)c3)cc2)c2ccccc2-c2ccc3c(c2)sc2ccccc23)cc1. The Hall–Kier alpha value is -5.96. The molecule has 2 heteroatoms. The van der Waals surface area contributed by atoms with Crippen LogP contribution in [0.4, 0.5) is 17.1 Å². The van der Waals surface area contributed by atoms with Crippen molar-refractivity contribution in [2.75, 3.05) is 4.90 Å². The first-order valence-electron chi connectivity index (χ1n) is 16.3. The second-order valence-corrected chi connectivity index (χ2v) is 13.2. The number of hydrogen-bond acceptors (Lipinski definition) is 2. The van der Waals surface area contributed by atoms with Crippen LogP contribution in [0, 0.1) is 0 Å². The van der Waals surface area contributed by atoms with Crippen LogP contribution in [0.25, 0.3) is 64.3 Å². The molecule has 0 N–H and O–H groups in total. The fourth-order valence-corrected chi connectivity index (χ4v) is 8.10. The number of nitrogens with zero attached hydrogens (tertiary/aromatic N) is 1. The molecular weight excluding hydrogens is 599 g/mol. The molecule has 0 aliphatic heterocycles. The summed E-state index contributed by atoms with van der Waals surface area (Å²) in [6, 6.07) is 68.1. The van der Waals surface area contributed by atoms with Gasteiger partial charge in [-0.1, -0.05) is 140 Å². The zero-order chi connectivity index (χ0) is 31.9. The summed E-state index contributed by atoms with van der Waals surface area (Å²) < 4.78 is 2.64. The van der Waals surface area contributed by atoms with Crippen molar-refractivity contribution < 1.29 is 0 Å². The third-order valence-corrected chi connectivity index (χ3v) is 10.4. The lowest BCUT2D eigenvalue weighted by atomic mass is 9.95. The highest BCUT2D eigenvalue weighted by Gasteiger charge is 2.18. The first kappa shape index (κ1) is 28.3. The smallest absolute Gasteiger partial charge is 0.0540 e. The number of anilines is 3. The van der Waals surface area contributed by atoms with Crippen molar-refractivity contribution in [3.63, 3.8) is 0 Å². The molecule has 48 heavy (non-hydrogen) atoms. The summed E-state index contributed by atoms with van der Waals surface area (Å²) in [6.07, 6.45) is 0. The van der Waals surface area contributed by atoms with Crippen molar-refractivity contribution in [3.05, 3.63) is 188 Å². The Morgan fingerprint density at radius 2 is 0.938 bits per heavy atom. The lowest BCUT2D eigenvalue weighted by Crippen LogP contribution is -2.11. The quantitative estimate of drug-likeness (QED) is 0.177. The fourth-order valence-electron chi connectivity index (χ4n) is 6.96. The van der Waals surface area contributed by atoms with Crippen LogP contribution in [0.3, 0.4) is 0 Å². The summed E-state index contributed by atoms with van der Waals surface area (Å²) >= 11 is 1.86. The Labute approximate surface area is 284 Å². The van der Waals surface area contributed by atoms with Crippen LogP contribution in [-0.4, -0.2) is 0 Å². The lowest BCUT2D eigenvalue weighted by molar-refractivity contribution is 1.28. The number of thiophene rings is 1.